The molecular formula is C41H61P2Si-. The Balaban J connectivity index is 2.00. The van der Waals surface area contributed by atoms with Crippen LogP contribution in [0, 0.1) is 18.3 Å². The highest BCUT2D eigenvalue weighted by atomic mass is 31.1. The zero-order valence-corrected chi connectivity index (χ0v) is 32.8. The van der Waals surface area contributed by atoms with Crippen LogP contribution in [-0.4, -0.2) is 41.0 Å². The van der Waals surface area contributed by atoms with Crippen molar-refractivity contribution in [3.8, 4) is 0 Å². The van der Waals surface area contributed by atoms with Gasteiger partial charge in [-0.05, 0) is 32.9 Å². The molecule has 4 rings (SSSR count). The third-order valence-electron chi connectivity index (χ3n) is 10.00. The van der Waals surface area contributed by atoms with Gasteiger partial charge in [-0.3, -0.25) is 0 Å². The third-order valence-corrected chi connectivity index (χ3v) is 23.5. The quantitative estimate of drug-likeness (QED) is 0.0992. The fraction of sp³-hybridized carbons (Fsp3) is 0.537. The lowest BCUT2D eigenvalue weighted by Crippen LogP contribution is -2.70. The van der Waals surface area contributed by atoms with Crippen LogP contribution in [0.2, 0.25) is 5.54 Å². The molecule has 0 saturated heterocycles. The highest BCUT2D eigenvalue weighted by Crippen LogP contribution is 2.66. The van der Waals surface area contributed by atoms with Gasteiger partial charge < -0.3 is 6.42 Å². The molecule has 3 aromatic rings. The summed E-state index contributed by atoms with van der Waals surface area (Å²) in [6, 6.07) is 35.2. The van der Waals surface area contributed by atoms with E-state index in [2.05, 4.69) is 181 Å². The van der Waals surface area contributed by atoms with Crippen LogP contribution in [-0.2, 0) is 0 Å². The second-order valence-corrected chi connectivity index (χ2v) is 29.1. The smallest absolute Gasteiger partial charge is 0.123 e. The maximum absolute atomic E-state index is 2.87. The first kappa shape index (κ1) is 35.6. The molecule has 1 saturated carbocycles. The van der Waals surface area contributed by atoms with Crippen LogP contribution >= 0.6 is 15.8 Å². The van der Waals surface area contributed by atoms with E-state index < -0.39 is 8.07 Å². The molecule has 0 nitrogen and oxygen atoms in total. The van der Waals surface area contributed by atoms with E-state index in [1.54, 1.807) is 15.6 Å². The minimum absolute atomic E-state index is 0.177. The van der Waals surface area contributed by atoms with Crippen LogP contribution in [0.3, 0.4) is 0 Å². The molecule has 0 N–H and O–H groups in total. The second kappa shape index (κ2) is 13.5. The van der Waals surface area contributed by atoms with Gasteiger partial charge in [0.1, 0.15) is 8.07 Å². The first-order chi connectivity index (χ1) is 20.4. The molecule has 0 aromatic heterocycles. The molecule has 0 radical (unpaired) electrons. The van der Waals surface area contributed by atoms with Crippen LogP contribution in [0.4, 0.5) is 0 Å². The molecule has 1 aliphatic rings. The van der Waals surface area contributed by atoms with Crippen LogP contribution in [0.25, 0.3) is 0 Å². The van der Waals surface area contributed by atoms with Gasteiger partial charge >= 0.3 is 0 Å². The van der Waals surface area contributed by atoms with Crippen molar-refractivity contribution in [2.75, 3.05) is 12.3 Å². The summed E-state index contributed by atoms with van der Waals surface area (Å²) in [6.07, 6.45) is 6.85. The molecule has 3 atom stereocenters. The SMILES string of the molecule is CC(C)(C)P(CC1C[CH-]C([Si](c2ccccc2)(c2ccccc2)c2ccccc2)C1CP(C(C)(C)C)C(C)(C)C)C(C)(C)C. The largest absolute Gasteiger partial charge is 0.327 e. The number of hydrogen-bond donors (Lipinski definition) is 0. The summed E-state index contributed by atoms with van der Waals surface area (Å²) in [5.74, 6) is 1.39. The first-order valence-electron chi connectivity index (χ1n) is 16.9. The predicted molar refractivity (Wildman–Crippen MR) is 206 cm³/mol. The lowest BCUT2D eigenvalue weighted by molar-refractivity contribution is 0.454. The minimum Gasteiger partial charge on any atom is -0.327 e. The van der Waals surface area contributed by atoms with E-state index in [0.29, 0.717) is 32.1 Å². The number of rotatable bonds is 8. The normalized spacial score (nSPS) is 20.5. The topological polar surface area (TPSA) is 0 Å². The molecule has 1 aliphatic carbocycles. The Labute approximate surface area is 275 Å². The molecular weight excluding hydrogens is 582 g/mol. The van der Waals surface area contributed by atoms with Gasteiger partial charge in [0.05, 0.1) is 0 Å². The molecule has 1 fully saturated rings. The summed E-state index contributed by atoms with van der Waals surface area (Å²) < 4.78 is 0. The Hall–Kier alpha value is -1.26. The lowest BCUT2D eigenvalue weighted by Gasteiger charge is -2.52. The molecule has 0 bridgehead atoms. The Morgan fingerprint density at radius 3 is 1.16 bits per heavy atom. The van der Waals surface area contributed by atoms with Crippen molar-refractivity contribution in [1.82, 2.24) is 0 Å². The molecule has 0 aliphatic heterocycles. The summed E-state index contributed by atoms with van der Waals surface area (Å²) in [4.78, 5) is 0. The lowest BCUT2D eigenvalue weighted by atomic mass is 10.00. The average Bonchev–Trinajstić information content (AvgIpc) is 3.32. The Morgan fingerprint density at radius 1 is 0.523 bits per heavy atom. The number of hydrogen-bond acceptors (Lipinski definition) is 0. The summed E-state index contributed by atoms with van der Waals surface area (Å²) in [6.45, 7) is 30.3. The molecule has 3 heteroatoms. The van der Waals surface area contributed by atoms with E-state index in [1.807, 2.05) is 0 Å². The van der Waals surface area contributed by atoms with Crippen molar-refractivity contribution in [1.29, 1.82) is 0 Å². The van der Waals surface area contributed by atoms with Crippen LogP contribution in [0.5, 0.6) is 0 Å². The highest BCUT2D eigenvalue weighted by molar-refractivity contribution is 7.61. The van der Waals surface area contributed by atoms with E-state index in [9.17, 15) is 0 Å². The van der Waals surface area contributed by atoms with Gasteiger partial charge in [-0.1, -0.05) is 217 Å². The Bertz CT molecular complexity index is 1180. The summed E-state index contributed by atoms with van der Waals surface area (Å²) in [5.41, 5.74) is 0.547. The average molecular weight is 644 g/mol. The monoisotopic (exact) mass is 643 g/mol. The van der Waals surface area contributed by atoms with Gasteiger partial charge in [0.2, 0.25) is 0 Å². The van der Waals surface area contributed by atoms with Gasteiger partial charge in [0, 0.05) is 0 Å². The van der Waals surface area contributed by atoms with Gasteiger partial charge in [-0.25, -0.2) is 0 Å². The first-order valence-corrected chi connectivity index (χ1v) is 22.1. The third kappa shape index (κ3) is 7.64. The van der Waals surface area contributed by atoms with E-state index >= 15 is 0 Å². The van der Waals surface area contributed by atoms with Gasteiger partial charge in [0.15, 0.2) is 0 Å². The fourth-order valence-corrected chi connectivity index (χ4v) is 22.7. The zero-order valence-electron chi connectivity index (χ0n) is 30.0. The standard InChI is InChI=1S/C41H61P2Si/c1-38(2,3)42(39(4,5)6)30-32-28-29-37(36(32)31-43(40(7,8)9)41(10,11)12)44(33-22-16-13-17-23-33,34-24-18-14-19-25-34)35-26-20-15-21-27-35/h13-27,29,32,36-37H,28,30-31H2,1-12H3/q-1. The van der Waals surface area contributed by atoms with Gasteiger partial charge in [-0.15, -0.1) is 0 Å². The summed E-state index contributed by atoms with van der Waals surface area (Å²) in [5, 5.41) is 5.97. The second-order valence-electron chi connectivity index (χ2n) is 17.2. The summed E-state index contributed by atoms with van der Waals surface area (Å²) in [7, 11) is -2.87. The highest BCUT2D eigenvalue weighted by Gasteiger charge is 2.51. The molecule has 0 heterocycles. The van der Waals surface area contributed by atoms with Crippen molar-refractivity contribution >= 4 is 39.5 Å². The van der Waals surface area contributed by atoms with E-state index in [1.165, 1.54) is 18.7 Å². The molecule has 3 aromatic carbocycles. The van der Waals surface area contributed by atoms with Crippen LogP contribution in [0.1, 0.15) is 89.5 Å². The van der Waals surface area contributed by atoms with Crippen LogP contribution < -0.4 is 15.6 Å². The van der Waals surface area contributed by atoms with Crippen molar-refractivity contribution in [3.05, 3.63) is 97.4 Å². The molecule has 44 heavy (non-hydrogen) atoms. The minimum atomic E-state index is -2.46. The van der Waals surface area contributed by atoms with Gasteiger partial charge in [-0.2, -0.15) is 12.0 Å². The molecule has 0 amide bonds. The van der Waals surface area contributed by atoms with Crippen molar-refractivity contribution < 1.29 is 0 Å². The maximum Gasteiger partial charge on any atom is 0.123 e. The van der Waals surface area contributed by atoms with Gasteiger partial charge in [0.25, 0.3) is 0 Å². The van der Waals surface area contributed by atoms with Crippen LogP contribution in [0.15, 0.2) is 91.0 Å². The van der Waals surface area contributed by atoms with Crippen molar-refractivity contribution in [2.45, 2.75) is 116 Å². The van der Waals surface area contributed by atoms with E-state index in [4.69, 9.17) is 0 Å². The van der Waals surface area contributed by atoms with E-state index in [0.717, 1.165) is 5.92 Å². The molecule has 240 valence electrons. The van der Waals surface area contributed by atoms with E-state index in [-0.39, 0.29) is 15.8 Å². The fourth-order valence-electron chi connectivity index (χ4n) is 8.67. The zero-order chi connectivity index (χ0) is 32.6. The Kier molecular flexibility index (Phi) is 10.9. The predicted octanol–water partition coefficient (Wildman–Crippen LogP) is 10.5. The summed E-state index contributed by atoms with van der Waals surface area (Å²) >= 11 is 0. The maximum atomic E-state index is 2.87. The molecule has 3 unspecified atom stereocenters. The molecule has 0 spiro atoms. The van der Waals surface area contributed by atoms with Crippen molar-refractivity contribution in [2.24, 2.45) is 11.8 Å². The Morgan fingerprint density at radius 2 is 0.841 bits per heavy atom. The number of benzene rings is 3. The van der Waals surface area contributed by atoms with Crippen molar-refractivity contribution in [3.63, 3.8) is 0 Å².